The van der Waals surface area contributed by atoms with Crippen LogP contribution in [0.5, 0.6) is 0 Å². The number of hydrogen-bond acceptors (Lipinski definition) is 2. The molecule has 0 bridgehead atoms. The molecule has 2 N–H and O–H groups in total. The SMILES string of the molecule is CN1CC[C@@H](CN=C(N)N(C)C2CC2)c2ccccc21. The summed E-state index contributed by atoms with van der Waals surface area (Å²) in [6.45, 7) is 1.89. The molecule has 4 nitrogen and oxygen atoms in total. The Bertz CT molecular complexity index is 507. The van der Waals surface area contributed by atoms with Crippen LogP contribution in [0.3, 0.4) is 0 Å². The minimum Gasteiger partial charge on any atom is -0.374 e. The van der Waals surface area contributed by atoms with Gasteiger partial charge in [-0.3, -0.25) is 4.99 Å². The maximum atomic E-state index is 6.09. The monoisotopic (exact) mass is 272 g/mol. The number of guanidine groups is 1. The number of anilines is 1. The van der Waals surface area contributed by atoms with Crippen LogP contribution in [0.25, 0.3) is 0 Å². The van der Waals surface area contributed by atoms with E-state index in [1.165, 1.54) is 24.1 Å². The highest BCUT2D eigenvalue weighted by Gasteiger charge is 2.28. The molecule has 0 saturated heterocycles. The first kappa shape index (κ1) is 13.3. The fraction of sp³-hybridized carbons (Fsp3) is 0.562. The lowest BCUT2D eigenvalue weighted by Crippen LogP contribution is -2.36. The molecule has 3 rings (SSSR count). The number of benzene rings is 1. The van der Waals surface area contributed by atoms with Gasteiger partial charge in [0.2, 0.25) is 0 Å². The lowest BCUT2D eigenvalue weighted by molar-refractivity contribution is 0.484. The number of nitrogens with two attached hydrogens (primary N) is 1. The summed E-state index contributed by atoms with van der Waals surface area (Å²) in [7, 11) is 4.21. The zero-order chi connectivity index (χ0) is 14.1. The van der Waals surface area contributed by atoms with Crippen LogP contribution in [0.4, 0.5) is 5.69 Å². The van der Waals surface area contributed by atoms with E-state index in [-0.39, 0.29) is 0 Å². The Hall–Kier alpha value is -1.71. The van der Waals surface area contributed by atoms with Crippen molar-refractivity contribution in [2.45, 2.75) is 31.2 Å². The molecule has 108 valence electrons. The number of rotatable bonds is 3. The van der Waals surface area contributed by atoms with Crippen LogP contribution < -0.4 is 10.6 Å². The van der Waals surface area contributed by atoms with Crippen LogP contribution in [0.1, 0.15) is 30.7 Å². The third-order valence-electron chi connectivity index (χ3n) is 4.53. The van der Waals surface area contributed by atoms with E-state index in [2.05, 4.69) is 53.2 Å². The largest absolute Gasteiger partial charge is 0.374 e. The van der Waals surface area contributed by atoms with Gasteiger partial charge in [-0.2, -0.15) is 0 Å². The fourth-order valence-corrected chi connectivity index (χ4v) is 2.96. The van der Waals surface area contributed by atoms with Crippen molar-refractivity contribution in [2.75, 3.05) is 32.1 Å². The smallest absolute Gasteiger partial charge is 0.191 e. The first-order valence-electron chi connectivity index (χ1n) is 7.49. The Kier molecular flexibility index (Phi) is 3.55. The van der Waals surface area contributed by atoms with Gasteiger partial charge in [-0.05, 0) is 30.9 Å². The van der Waals surface area contributed by atoms with Crippen molar-refractivity contribution < 1.29 is 0 Å². The highest BCUT2D eigenvalue weighted by atomic mass is 15.3. The van der Waals surface area contributed by atoms with Gasteiger partial charge in [-0.1, -0.05) is 18.2 Å². The highest BCUT2D eigenvalue weighted by molar-refractivity contribution is 5.78. The summed E-state index contributed by atoms with van der Waals surface area (Å²) >= 11 is 0. The van der Waals surface area contributed by atoms with Gasteiger partial charge < -0.3 is 15.5 Å². The van der Waals surface area contributed by atoms with Crippen molar-refractivity contribution in [3.05, 3.63) is 29.8 Å². The maximum Gasteiger partial charge on any atom is 0.191 e. The van der Waals surface area contributed by atoms with Gasteiger partial charge >= 0.3 is 0 Å². The van der Waals surface area contributed by atoms with Crippen LogP contribution in [-0.4, -0.2) is 44.1 Å². The second kappa shape index (κ2) is 5.35. The van der Waals surface area contributed by atoms with Gasteiger partial charge in [0.1, 0.15) is 0 Å². The second-order valence-corrected chi connectivity index (χ2v) is 6.01. The minimum absolute atomic E-state index is 0.494. The van der Waals surface area contributed by atoms with E-state index in [0.29, 0.717) is 17.9 Å². The molecule has 1 saturated carbocycles. The van der Waals surface area contributed by atoms with Crippen molar-refractivity contribution in [3.63, 3.8) is 0 Å². The van der Waals surface area contributed by atoms with Gasteiger partial charge in [-0.15, -0.1) is 0 Å². The van der Waals surface area contributed by atoms with Crippen LogP contribution in [-0.2, 0) is 0 Å². The number of fused-ring (bicyclic) bond motifs is 1. The Labute approximate surface area is 121 Å². The van der Waals surface area contributed by atoms with Crippen LogP contribution >= 0.6 is 0 Å². The lowest BCUT2D eigenvalue weighted by atomic mass is 9.90. The Morgan fingerprint density at radius 1 is 1.35 bits per heavy atom. The van der Waals surface area contributed by atoms with E-state index in [9.17, 15) is 0 Å². The van der Waals surface area contributed by atoms with E-state index in [0.717, 1.165) is 19.5 Å². The molecule has 0 aromatic heterocycles. The van der Waals surface area contributed by atoms with E-state index in [1.807, 2.05) is 0 Å². The first-order valence-corrected chi connectivity index (χ1v) is 7.49. The first-order chi connectivity index (χ1) is 9.66. The molecule has 1 aliphatic heterocycles. The van der Waals surface area contributed by atoms with Crippen molar-refractivity contribution in [1.29, 1.82) is 0 Å². The van der Waals surface area contributed by atoms with Crippen LogP contribution in [0, 0.1) is 0 Å². The molecule has 1 aliphatic carbocycles. The molecule has 1 atom stereocenters. The lowest BCUT2D eigenvalue weighted by Gasteiger charge is -2.32. The zero-order valence-electron chi connectivity index (χ0n) is 12.4. The molecule has 4 heteroatoms. The highest BCUT2D eigenvalue weighted by Crippen LogP contribution is 2.34. The van der Waals surface area contributed by atoms with Crippen molar-refractivity contribution in [3.8, 4) is 0 Å². The molecule has 1 aromatic carbocycles. The van der Waals surface area contributed by atoms with Crippen LogP contribution in [0.2, 0.25) is 0 Å². The number of hydrogen-bond donors (Lipinski definition) is 1. The zero-order valence-corrected chi connectivity index (χ0v) is 12.4. The molecule has 1 heterocycles. The quantitative estimate of drug-likeness (QED) is 0.676. The fourth-order valence-electron chi connectivity index (χ4n) is 2.96. The Balaban J connectivity index is 1.72. The number of nitrogens with zero attached hydrogens (tertiary/aromatic N) is 3. The van der Waals surface area contributed by atoms with Crippen molar-refractivity contribution in [2.24, 2.45) is 10.7 Å². The summed E-state index contributed by atoms with van der Waals surface area (Å²) in [6.07, 6.45) is 3.66. The summed E-state index contributed by atoms with van der Waals surface area (Å²) in [5.74, 6) is 1.19. The van der Waals surface area contributed by atoms with Gasteiger partial charge in [-0.25, -0.2) is 0 Å². The molecule has 0 unspecified atom stereocenters. The van der Waals surface area contributed by atoms with Gasteiger partial charge in [0.25, 0.3) is 0 Å². The predicted octanol–water partition coefficient (Wildman–Crippen LogP) is 2.02. The molecule has 0 spiro atoms. The van der Waals surface area contributed by atoms with Gasteiger partial charge in [0.15, 0.2) is 5.96 Å². The Morgan fingerprint density at radius 2 is 2.10 bits per heavy atom. The van der Waals surface area contributed by atoms with E-state index in [1.54, 1.807) is 0 Å². The summed E-state index contributed by atoms with van der Waals surface area (Å²) in [6, 6.07) is 9.28. The molecule has 1 fully saturated rings. The van der Waals surface area contributed by atoms with Gasteiger partial charge in [0.05, 0.1) is 0 Å². The molecule has 2 aliphatic rings. The van der Waals surface area contributed by atoms with Crippen molar-refractivity contribution in [1.82, 2.24) is 4.90 Å². The second-order valence-electron chi connectivity index (χ2n) is 6.01. The summed E-state index contributed by atoms with van der Waals surface area (Å²) in [4.78, 5) is 9.09. The molecule has 1 aromatic rings. The molecule has 0 amide bonds. The molecule has 20 heavy (non-hydrogen) atoms. The third kappa shape index (κ3) is 2.60. The van der Waals surface area contributed by atoms with E-state index in [4.69, 9.17) is 5.73 Å². The third-order valence-corrected chi connectivity index (χ3v) is 4.53. The average molecular weight is 272 g/mol. The molecular weight excluding hydrogens is 248 g/mol. The topological polar surface area (TPSA) is 44.9 Å². The minimum atomic E-state index is 0.494. The molecule has 0 radical (unpaired) electrons. The van der Waals surface area contributed by atoms with Crippen molar-refractivity contribution >= 4 is 11.6 Å². The Morgan fingerprint density at radius 3 is 2.85 bits per heavy atom. The van der Waals surface area contributed by atoms with Crippen LogP contribution in [0.15, 0.2) is 29.3 Å². The van der Waals surface area contributed by atoms with Gasteiger partial charge in [0, 0.05) is 44.8 Å². The normalized spacial score (nSPS) is 22.6. The standard InChI is InChI=1S/C16H24N4/c1-19-10-9-12(14-5-3-4-6-15(14)19)11-18-16(17)20(2)13-7-8-13/h3-6,12-13H,7-11H2,1-2H3,(H2,17,18)/t12-/m0/s1. The average Bonchev–Trinajstić information content (AvgIpc) is 3.30. The summed E-state index contributed by atoms with van der Waals surface area (Å²) in [5, 5.41) is 0. The van der Waals surface area contributed by atoms with E-state index < -0.39 is 0 Å². The number of aliphatic imine (C=N–C) groups is 1. The summed E-state index contributed by atoms with van der Waals surface area (Å²) in [5.41, 5.74) is 8.84. The van der Waals surface area contributed by atoms with E-state index >= 15 is 0 Å². The predicted molar refractivity (Wildman–Crippen MR) is 84.3 cm³/mol. The molecular formula is C16H24N4. The number of para-hydroxylation sites is 1. The summed E-state index contributed by atoms with van der Waals surface area (Å²) < 4.78 is 0. The maximum absolute atomic E-state index is 6.09.